The number of aliphatic hydroxyl groups is 1. The third-order valence-electron chi connectivity index (χ3n) is 3.68. The number of fused-ring (bicyclic) bond motifs is 1. The van der Waals surface area contributed by atoms with Crippen molar-refractivity contribution in [2.24, 2.45) is 4.99 Å². The van der Waals surface area contributed by atoms with Gasteiger partial charge in [-0.25, -0.2) is 4.98 Å². The van der Waals surface area contributed by atoms with Gasteiger partial charge in [0.2, 0.25) is 0 Å². The lowest BCUT2D eigenvalue weighted by Gasteiger charge is -2.14. The minimum atomic E-state index is -0.561. The van der Waals surface area contributed by atoms with Gasteiger partial charge in [-0.2, -0.15) is 0 Å². The van der Waals surface area contributed by atoms with Crippen LogP contribution in [-0.4, -0.2) is 40.8 Å². The Morgan fingerprint density at radius 1 is 1.38 bits per heavy atom. The molecule has 1 atom stereocenters. The molecule has 0 aliphatic carbocycles. The summed E-state index contributed by atoms with van der Waals surface area (Å²) in [6, 6.07) is 10.2. The van der Waals surface area contributed by atoms with E-state index in [2.05, 4.69) is 32.7 Å². The summed E-state index contributed by atoms with van der Waals surface area (Å²) in [5, 5.41) is 17.9. The minimum Gasteiger partial charge on any atom is -0.386 e. The molecule has 126 valence electrons. The smallest absolute Gasteiger partial charge is 0.191 e. The Hall–Kier alpha value is -2.38. The zero-order chi connectivity index (χ0) is 16.8. The maximum absolute atomic E-state index is 10.4. The number of imidazole rings is 1. The van der Waals surface area contributed by atoms with E-state index in [1.54, 1.807) is 30.9 Å². The molecule has 7 heteroatoms. The van der Waals surface area contributed by atoms with Crippen molar-refractivity contribution in [3.8, 4) is 0 Å². The largest absolute Gasteiger partial charge is 0.386 e. The number of benzene rings is 1. The molecular formula is C17H21N5OS. The van der Waals surface area contributed by atoms with Gasteiger partial charge in [0, 0.05) is 48.7 Å². The molecule has 2 aromatic heterocycles. The second kappa shape index (κ2) is 7.94. The molecule has 1 aromatic carbocycles. The second-order valence-electron chi connectivity index (χ2n) is 5.38. The number of aliphatic hydroxyl groups excluding tert-OH is 1. The summed E-state index contributed by atoms with van der Waals surface area (Å²) in [5.41, 5.74) is 0. The molecule has 0 aliphatic heterocycles. The van der Waals surface area contributed by atoms with E-state index in [1.807, 2.05) is 29.0 Å². The molecule has 0 fully saturated rings. The average Bonchev–Trinajstić information content (AvgIpc) is 3.26. The number of thiophene rings is 1. The Morgan fingerprint density at radius 2 is 2.25 bits per heavy atom. The van der Waals surface area contributed by atoms with Gasteiger partial charge in [0.05, 0.1) is 6.33 Å². The third-order valence-corrected chi connectivity index (χ3v) is 4.90. The average molecular weight is 343 g/mol. The lowest BCUT2D eigenvalue weighted by Crippen LogP contribution is -2.40. The molecule has 0 radical (unpaired) electrons. The van der Waals surface area contributed by atoms with E-state index in [-0.39, 0.29) is 0 Å². The molecule has 0 amide bonds. The first-order chi connectivity index (χ1) is 11.8. The molecule has 0 spiro atoms. The van der Waals surface area contributed by atoms with Crippen molar-refractivity contribution >= 4 is 27.4 Å². The summed E-state index contributed by atoms with van der Waals surface area (Å²) < 4.78 is 3.18. The van der Waals surface area contributed by atoms with Crippen LogP contribution in [0.1, 0.15) is 11.0 Å². The van der Waals surface area contributed by atoms with Crippen molar-refractivity contribution in [2.45, 2.75) is 12.6 Å². The SMILES string of the molecule is CN=C(NCCn1ccnc1)NCC(O)c1cc2ccccc2s1. The molecule has 1 unspecified atom stereocenters. The molecular weight excluding hydrogens is 322 g/mol. The van der Waals surface area contributed by atoms with Crippen LogP contribution in [0.5, 0.6) is 0 Å². The highest BCUT2D eigenvalue weighted by molar-refractivity contribution is 7.19. The van der Waals surface area contributed by atoms with Gasteiger partial charge in [0.25, 0.3) is 0 Å². The summed E-state index contributed by atoms with van der Waals surface area (Å²) in [6.45, 7) is 1.95. The van der Waals surface area contributed by atoms with Crippen LogP contribution in [0.2, 0.25) is 0 Å². The monoisotopic (exact) mass is 343 g/mol. The van der Waals surface area contributed by atoms with Crippen molar-refractivity contribution in [3.63, 3.8) is 0 Å². The van der Waals surface area contributed by atoms with E-state index in [4.69, 9.17) is 0 Å². The normalized spacial score (nSPS) is 13.2. The zero-order valence-electron chi connectivity index (χ0n) is 13.5. The highest BCUT2D eigenvalue weighted by atomic mass is 32.1. The molecule has 0 bridgehead atoms. The topological polar surface area (TPSA) is 74.5 Å². The number of hydrogen-bond acceptors (Lipinski definition) is 4. The van der Waals surface area contributed by atoms with Gasteiger partial charge in [0.15, 0.2) is 5.96 Å². The molecule has 0 saturated heterocycles. The van der Waals surface area contributed by atoms with Crippen LogP contribution in [0.25, 0.3) is 10.1 Å². The van der Waals surface area contributed by atoms with E-state index in [0.29, 0.717) is 12.5 Å². The first kappa shape index (κ1) is 16.5. The van der Waals surface area contributed by atoms with Crippen LogP contribution in [0.3, 0.4) is 0 Å². The van der Waals surface area contributed by atoms with Crippen LogP contribution in [0.15, 0.2) is 54.0 Å². The van der Waals surface area contributed by atoms with Gasteiger partial charge in [-0.15, -0.1) is 11.3 Å². The Morgan fingerprint density at radius 3 is 3.00 bits per heavy atom. The van der Waals surface area contributed by atoms with Gasteiger partial charge in [-0.1, -0.05) is 18.2 Å². The fourth-order valence-electron chi connectivity index (χ4n) is 2.40. The van der Waals surface area contributed by atoms with E-state index >= 15 is 0 Å². The van der Waals surface area contributed by atoms with E-state index in [9.17, 15) is 5.11 Å². The number of guanidine groups is 1. The molecule has 0 saturated carbocycles. The van der Waals surface area contributed by atoms with Crippen LogP contribution in [0.4, 0.5) is 0 Å². The number of nitrogens with zero attached hydrogens (tertiary/aromatic N) is 3. The fourth-order valence-corrected chi connectivity index (χ4v) is 3.45. The predicted octanol–water partition coefficient (Wildman–Crippen LogP) is 2.00. The molecule has 0 aliphatic rings. The van der Waals surface area contributed by atoms with Crippen LogP contribution in [-0.2, 0) is 6.54 Å². The molecule has 3 aromatic rings. The molecule has 3 N–H and O–H groups in total. The Labute approximate surface area is 144 Å². The van der Waals surface area contributed by atoms with Crippen molar-refractivity contribution in [3.05, 3.63) is 53.9 Å². The van der Waals surface area contributed by atoms with Gasteiger partial charge < -0.3 is 20.3 Å². The highest BCUT2D eigenvalue weighted by Crippen LogP contribution is 2.29. The quantitative estimate of drug-likeness (QED) is 0.473. The van der Waals surface area contributed by atoms with Gasteiger partial charge in [-0.05, 0) is 17.5 Å². The second-order valence-corrected chi connectivity index (χ2v) is 6.50. The maximum Gasteiger partial charge on any atom is 0.191 e. The summed E-state index contributed by atoms with van der Waals surface area (Å²) in [5.74, 6) is 0.676. The van der Waals surface area contributed by atoms with Crippen molar-refractivity contribution in [1.82, 2.24) is 20.2 Å². The lowest BCUT2D eigenvalue weighted by molar-refractivity contribution is 0.184. The Bertz CT molecular complexity index is 763. The predicted molar refractivity (Wildman–Crippen MR) is 98.4 cm³/mol. The van der Waals surface area contributed by atoms with Crippen LogP contribution < -0.4 is 10.6 Å². The minimum absolute atomic E-state index is 0.414. The lowest BCUT2D eigenvalue weighted by atomic mass is 10.2. The van der Waals surface area contributed by atoms with Crippen LogP contribution in [0, 0.1) is 0 Å². The van der Waals surface area contributed by atoms with Crippen molar-refractivity contribution in [2.75, 3.05) is 20.1 Å². The Kier molecular flexibility index (Phi) is 5.45. The van der Waals surface area contributed by atoms with Gasteiger partial charge in [0.1, 0.15) is 6.10 Å². The highest BCUT2D eigenvalue weighted by Gasteiger charge is 2.12. The molecule has 3 rings (SSSR count). The molecule has 6 nitrogen and oxygen atoms in total. The molecule has 24 heavy (non-hydrogen) atoms. The van der Waals surface area contributed by atoms with Gasteiger partial charge >= 0.3 is 0 Å². The zero-order valence-corrected chi connectivity index (χ0v) is 14.3. The Balaban J connectivity index is 1.49. The number of hydrogen-bond donors (Lipinski definition) is 3. The number of aromatic nitrogens is 2. The number of nitrogens with one attached hydrogen (secondary N) is 2. The molecule has 2 heterocycles. The summed E-state index contributed by atoms with van der Waals surface area (Å²) in [6.07, 6.45) is 4.90. The number of rotatable bonds is 6. The first-order valence-electron chi connectivity index (χ1n) is 7.83. The fraction of sp³-hybridized carbons (Fsp3) is 0.294. The maximum atomic E-state index is 10.4. The van der Waals surface area contributed by atoms with Crippen LogP contribution >= 0.6 is 11.3 Å². The summed E-state index contributed by atoms with van der Waals surface area (Å²) in [7, 11) is 1.72. The summed E-state index contributed by atoms with van der Waals surface area (Å²) in [4.78, 5) is 9.14. The third kappa shape index (κ3) is 4.12. The van der Waals surface area contributed by atoms with E-state index in [0.717, 1.165) is 18.0 Å². The number of aliphatic imine (C=N–C) groups is 1. The van der Waals surface area contributed by atoms with Crippen molar-refractivity contribution < 1.29 is 5.11 Å². The summed E-state index contributed by atoms with van der Waals surface area (Å²) >= 11 is 1.62. The van der Waals surface area contributed by atoms with Crippen molar-refractivity contribution in [1.29, 1.82) is 0 Å². The van der Waals surface area contributed by atoms with E-state index < -0.39 is 6.10 Å². The van der Waals surface area contributed by atoms with Gasteiger partial charge in [-0.3, -0.25) is 4.99 Å². The first-order valence-corrected chi connectivity index (χ1v) is 8.64. The standard InChI is InChI=1S/C17H21N5OS/c1-18-17(20-7-9-22-8-6-19-12-22)21-11-14(23)16-10-13-4-2-3-5-15(13)24-16/h2-6,8,10,12,14,23H,7,9,11H2,1H3,(H2,18,20,21). The van der Waals surface area contributed by atoms with E-state index in [1.165, 1.54) is 10.1 Å².